The summed E-state index contributed by atoms with van der Waals surface area (Å²) in [6, 6.07) is 0. The zero-order chi connectivity index (χ0) is 9.73. The number of hydrogen-bond acceptors (Lipinski definition) is 4. The van der Waals surface area contributed by atoms with Gasteiger partial charge in [0, 0.05) is 5.41 Å². The van der Waals surface area contributed by atoms with Gasteiger partial charge in [-0.2, -0.15) is 0 Å². The van der Waals surface area contributed by atoms with E-state index in [1.807, 2.05) is 0 Å². The van der Waals surface area contributed by atoms with Crippen LogP contribution in [0.15, 0.2) is 0 Å². The van der Waals surface area contributed by atoms with Crippen LogP contribution in [0.25, 0.3) is 0 Å². The summed E-state index contributed by atoms with van der Waals surface area (Å²) in [6.07, 6.45) is 0.464. The van der Waals surface area contributed by atoms with Gasteiger partial charge in [0.05, 0.1) is 26.4 Å². The maximum Gasteiger partial charge on any atom is 0.198 e. The average molecular weight is 208 g/mol. The minimum absolute atomic E-state index is 0.0503. The van der Waals surface area contributed by atoms with Crippen molar-refractivity contribution in [2.75, 3.05) is 32.8 Å². The number of ether oxygens (including phenoxy) is 1. The third-order valence-electron chi connectivity index (χ3n) is 1.63. The molecule has 0 aliphatic carbocycles. The molecule has 1 rings (SSSR count). The quantitative estimate of drug-likeness (QED) is 0.559. The maximum absolute atomic E-state index is 8.48. The van der Waals surface area contributed by atoms with E-state index in [1.54, 1.807) is 0 Å². The second-order valence-corrected chi connectivity index (χ2v) is 5.24. The number of hydrogen-bond donors (Lipinski definition) is 1. The molecule has 0 atom stereocenters. The first kappa shape index (κ1) is 11.3. The van der Waals surface area contributed by atoms with Gasteiger partial charge < -0.3 is 18.9 Å². The van der Waals surface area contributed by atoms with E-state index < -0.39 is 8.38 Å². The molecule has 13 heavy (non-hydrogen) atoms. The summed E-state index contributed by atoms with van der Waals surface area (Å²) in [5.41, 5.74) is 0.121. The molecule has 0 amide bonds. The molecule has 0 bridgehead atoms. The largest absolute Gasteiger partial charge is 0.394 e. The van der Waals surface area contributed by atoms with Gasteiger partial charge in [-0.15, -0.1) is 0 Å². The molecule has 1 aliphatic rings. The van der Waals surface area contributed by atoms with Crippen molar-refractivity contribution >= 4 is 8.38 Å². The molecule has 1 heterocycles. The van der Waals surface area contributed by atoms with Gasteiger partial charge in [0.25, 0.3) is 0 Å². The second-order valence-electron chi connectivity index (χ2n) is 3.80. The Hall–Kier alpha value is 0.270. The standard InChI is InChI=1S/C8H17O4P/c1-8(2)5-11-13(12-6-8)7-10-4-3-9/h9H,3-7H2,1-2H3. The van der Waals surface area contributed by atoms with E-state index in [0.29, 0.717) is 13.0 Å². The van der Waals surface area contributed by atoms with Crippen LogP contribution in [0.1, 0.15) is 13.8 Å². The van der Waals surface area contributed by atoms with Gasteiger partial charge in [-0.25, -0.2) is 0 Å². The van der Waals surface area contributed by atoms with Crippen LogP contribution >= 0.6 is 8.38 Å². The molecule has 5 heteroatoms. The highest BCUT2D eigenvalue weighted by atomic mass is 31.2. The van der Waals surface area contributed by atoms with Gasteiger partial charge >= 0.3 is 0 Å². The van der Waals surface area contributed by atoms with E-state index in [4.69, 9.17) is 18.9 Å². The Labute approximate surface area is 80.1 Å². The van der Waals surface area contributed by atoms with Crippen LogP contribution in [-0.2, 0) is 13.8 Å². The van der Waals surface area contributed by atoms with Crippen LogP contribution < -0.4 is 0 Å². The summed E-state index contributed by atoms with van der Waals surface area (Å²) in [7, 11) is -0.875. The lowest BCUT2D eigenvalue weighted by Gasteiger charge is -2.33. The Morgan fingerprint density at radius 2 is 2.00 bits per heavy atom. The zero-order valence-electron chi connectivity index (χ0n) is 8.15. The summed E-state index contributed by atoms with van der Waals surface area (Å²) < 4.78 is 16.1. The van der Waals surface area contributed by atoms with Crippen LogP contribution in [0.3, 0.4) is 0 Å². The topological polar surface area (TPSA) is 47.9 Å². The molecule has 1 saturated heterocycles. The molecule has 1 fully saturated rings. The van der Waals surface area contributed by atoms with Crippen LogP contribution in [0, 0.1) is 5.41 Å². The molecule has 78 valence electrons. The molecule has 0 aromatic heterocycles. The lowest BCUT2D eigenvalue weighted by atomic mass is 9.97. The van der Waals surface area contributed by atoms with Crippen LogP contribution in [-0.4, -0.2) is 37.9 Å². The van der Waals surface area contributed by atoms with Crippen LogP contribution in [0.4, 0.5) is 0 Å². The van der Waals surface area contributed by atoms with Crippen molar-refractivity contribution in [3.63, 3.8) is 0 Å². The van der Waals surface area contributed by atoms with E-state index in [-0.39, 0.29) is 12.0 Å². The minimum atomic E-state index is -0.875. The summed E-state index contributed by atoms with van der Waals surface area (Å²) in [6.45, 7) is 6.06. The first-order valence-corrected chi connectivity index (χ1v) is 5.72. The van der Waals surface area contributed by atoms with Crippen molar-refractivity contribution in [1.82, 2.24) is 0 Å². The number of aliphatic hydroxyl groups is 1. The van der Waals surface area contributed by atoms with Crippen molar-refractivity contribution in [3.05, 3.63) is 0 Å². The maximum atomic E-state index is 8.48. The van der Waals surface area contributed by atoms with Crippen molar-refractivity contribution in [2.24, 2.45) is 5.41 Å². The minimum Gasteiger partial charge on any atom is -0.394 e. The highest BCUT2D eigenvalue weighted by Crippen LogP contribution is 2.45. The molecular weight excluding hydrogens is 191 g/mol. The van der Waals surface area contributed by atoms with E-state index in [2.05, 4.69) is 13.8 Å². The molecule has 1 aliphatic heterocycles. The van der Waals surface area contributed by atoms with Crippen LogP contribution in [0.5, 0.6) is 0 Å². The monoisotopic (exact) mass is 208 g/mol. The SMILES string of the molecule is CC1(C)COP(COCCO)OC1. The molecule has 0 aromatic carbocycles. The summed E-state index contributed by atoms with van der Waals surface area (Å²) in [4.78, 5) is 0. The van der Waals surface area contributed by atoms with Gasteiger partial charge in [-0.1, -0.05) is 13.8 Å². The zero-order valence-corrected chi connectivity index (χ0v) is 9.05. The number of aliphatic hydroxyl groups excluding tert-OH is 1. The van der Waals surface area contributed by atoms with Gasteiger partial charge in [0.15, 0.2) is 8.38 Å². The third-order valence-corrected chi connectivity index (χ3v) is 2.86. The molecule has 1 N–H and O–H groups in total. The fraction of sp³-hybridized carbons (Fsp3) is 1.00. The van der Waals surface area contributed by atoms with Gasteiger partial charge in [-0.3, -0.25) is 0 Å². The molecular formula is C8H17O4P. The lowest BCUT2D eigenvalue weighted by Crippen LogP contribution is -2.28. The predicted octanol–water partition coefficient (Wildman–Crippen LogP) is 1.34. The summed E-state index contributed by atoms with van der Waals surface area (Å²) in [5.74, 6) is 0. The van der Waals surface area contributed by atoms with E-state index in [1.165, 1.54) is 0 Å². The highest BCUT2D eigenvalue weighted by Gasteiger charge is 2.28. The number of rotatable bonds is 4. The molecule has 4 nitrogen and oxygen atoms in total. The van der Waals surface area contributed by atoms with Crippen molar-refractivity contribution < 1.29 is 18.9 Å². The van der Waals surface area contributed by atoms with E-state index in [0.717, 1.165) is 13.2 Å². The highest BCUT2D eigenvalue weighted by molar-refractivity contribution is 7.47. The Morgan fingerprint density at radius 1 is 1.38 bits per heavy atom. The molecule has 0 radical (unpaired) electrons. The Bertz CT molecular complexity index is 141. The average Bonchev–Trinajstić information content (AvgIpc) is 2.08. The molecule has 0 aromatic rings. The van der Waals surface area contributed by atoms with Crippen molar-refractivity contribution in [2.45, 2.75) is 13.8 Å². The fourth-order valence-corrected chi connectivity index (χ4v) is 2.34. The van der Waals surface area contributed by atoms with E-state index >= 15 is 0 Å². The third kappa shape index (κ3) is 4.34. The summed E-state index contributed by atoms with van der Waals surface area (Å²) in [5, 5.41) is 8.48. The van der Waals surface area contributed by atoms with Crippen molar-refractivity contribution in [3.8, 4) is 0 Å². The Morgan fingerprint density at radius 3 is 2.54 bits per heavy atom. The first-order valence-electron chi connectivity index (χ1n) is 4.36. The molecule has 0 spiro atoms. The van der Waals surface area contributed by atoms with Crippen molar-refractivity contribution in [1.29, 1.82) is 0 Å². The van der Waals surface area contributed by atoms with Gasteiger partial charge in [0.1, 0.15) is 6.35 Å². The van der Waals surface area contributed by atoms with Gasteiger partial charge in [-0.05, 0) is 0 Å². The second kappa shape index (κ2) is 5.23. The van der Waals surface area contributed by atoms with Crippen LogP contribution in [0.2, 0.25) is 0 Å². The first-order chi connectivity index (χ1) is 6.14. The molecule has 0 saturated carbocycles. The molecule has 0 unspecified atom stereocenters. The lowest BCUT2D eigenvalue weighted by molar-refractivity contribution is 0.0437. The Balaban J connectivity index is 2.11. The summed E-state index contributed by atoms with van der Waals surface area (Å²) >= 11 is 0. The predicted molar refractivity (Wildman–Crippen MR) is 50.5 cm³/mol. The van der Waals surface area contributed by atoms with Gasteiger partial charge in [0.2, 0.25) is 0 Å². The smallest absolute Gasteiger partial charge is 0.198 e. The van der Waals surface area contributed by atoms with E-state index in [9.17, 15) is 0 Å². The fourth-order valence-electron chi connectivity index (χ4n) is 0.851. The normalized spacial score (nSPS) is 23.3. The Kier molecular flexibility index (Phi) is 4.56.